The van der Waals surface area contributed by atoms with Crippen molar-refractivity contribution in [1.82, 2.24) is 19.9 Å². The van der Waals surface area contributed by atoms with E-state index in [4.69, 9.17) is 0 Å². The van der Waals surface area contributed by atoms with Gasteiger partial charge in [-0.1, -0.05) is 13.8 Å². The first kappa shape index (κ1) is 22.8. The second-order valence-electron chi connectivity index (χ2n) is 9.32. The van der Waals surface area contributed by atoms with E-state index in [0.717, 1.165) is 22.9 Å². The molecule has 1 amide bonds. The number of nitrogens with zero attached hydrogens (tertiary/aromatic N) is 2. The van der Waals surface area contributed by atoms with Crippen molar-refractivity contribution in [2.75, 3.05) is 0 Å². The maximum Gasteiger partial charge on any atom is 0.329 e. The lowest BCUT2D eigenvalue weighted by molar-refractivity contribution is -0.129. The van der Waals surface area contributed by atoms with Crippen molar-refractivity contribution in [3.8, 4) is 0 Å². The molecule has 10 heteroatoms. The van der Waals surface area contributed by atoms with Crippen LogP contribution in [0.25, 0.3) is 10.9 Å². The lowest BCUT2D eigenvalue weighted by Crippen LogP contribution is -2.51. The fourth-order valence-corrected chi connectivity index (χ4v) is 4.69. The number of aromatic nitrogens is 3. The Morgan fingerprint density at radius 2 is 1.88 bits per heavy atom. The largest absolute Gasteiger partial charge is 0.346 e. The van der Waals surface area contributed by atoms with E-state index in [1.807, 2.05) is 13.8 Å². The molecule has 1 saturated carbocycles. The minimum atomic E-state index is -1.20. The zero-order valence-corrected chi connectivity index (χ0v) is 18.3. The maximum absolute atomic E-state index is 14.2. The highest BCUT2D eigenvalue weighted by molar-refractivity contribution is 5.82. The molecule has 2 N–H and O–H groups in total. The molecule has 0 unspecified atom stereocenters. The molecule has 1 aromatic carbocycles. The Morgan fingerprint density at radius 1 is 1.18 bits per heavy atom. The Labute approximate surface area is 186 Å². The number of H-pyrrole nitrogens is 1. The smallest absolute Gasteiger partial charge is 0.329 e. The molecule has 7 nitrogen and oxygen atoms in total. The molecule has 3 aromatic rings. The number of fused-ring (bicyclic) bond motifs is 1. The molecular weight excluding hydrogens is 437 g/mol. The molecule has 0 bridgehead atoms. The van der Waals surface area contributed by atoms with Crippen LogP contribution in [0.2, 0.25) is 0 Å². The second kappa shape index (κ2) is 8.17. The summed E-state index contributed by atoms with van der Waals surface area (Å²) in [6.07, 6.45) is 1.96. The van der Waals surface area contributed by atoms with Gasteiger partial charge in [0.1, 0.15) is 23.5 Å². The van der Waals surface area contributed by atoms with Crippen LogP contribution >= 0.6 is 0 Å². The van der Waals surface area contributed by atoms with Gasteiger partial charge in [-0.15, -0.1) is 0 Å². The normalized spacial score (nSPS) is 17.4. The zero-order chi connectivity index (χ0) is 24.1. The van der Waals surface area contributed by atoms with Gasteiger partial charge in [0.2, 0.25) is 5.91 Å². The number of amides is 1. The van der Waals surface area contributed by atoms with Crippen LogP contribution in [0.3, 0.4) is 0 Å². The van der Waals surface area contributed by atoms with Crippen LogP contribution in [0, 0.1) is 28.8 Å². The molecule has 174 valence electrons. The SMILES string of the molecule is C[C@H](NC(=O)[C@@H](C1CC(C)(C)C1)n1c(=O)[nH]c2ccc(F)cc2c1=O)c1ncc(F)cc1F. The molecule has 0 aliphatic heterocycles. The van der Waals surface area contributed by atoms with E-state index in [-0.39, 0.29) is 27.9 Å². The number of hydrogen-bond donors (Lipinski definition) is 2. The van der Waals surface area contributed by atoms with Crippen LogP contribution in [0.15, 0.2) is 40.1 Å². The molecule has 2 aromatic heterocycles. The topological polar surface area (TPSA) is 96.9 Å². The number of carbonyl (C=O) groups excluding carboxylic acids is 1. The van der Waals surface area contributed by atoms with Gasteiger partial charge in [-0.3, -0.25) is 14.6 Å². The van der Waals surface area contributed by atoms with Gasteiger partial charge in [-0.05, 0) is 49.3 Å². The van der Waals surface area contributed by atoms with Gasteiger partial charge in [0.05, 0.1) is 28.8 Å². The third-order valence-corrected chi connectivity index (χ3v) is 6.12. The van der Waals surface area contributed by atoms with Crippen molar-refractivity contribution in [2.24, 2.45) is 11.3 Å². The lowest BCUT2D eigenvalue weighted by atomic mass is 9.62. The molecule has 2 heterocycles. The van der Waals surface area contributed by atoms with Crippen molar-refractivity contribution in [3.05, 3.63) is 74.4 Å². The molecule has 1 aliphatic rings. The van der Waals surface area contributed by atoms with Gasteiger partial charge < -0.3 is 10.3 Å². The molecule has 2 atom stereocenters. The minimum Gasteiger partial charge on any atom is -0.346 e. The Kier molecular flexibility index (Phi) is 5.63. The first-order valence-electron chi connectivity index (χ1n) is 10.5. The Hall–Kier alpha value is -3.43. The quantitative estimate of drug-likeness (QED) is 0.610. The predicted molar refractivity (Wildman–Crippen MR) is 115 cm³/mol. The zero-order valence-electron chi connectivity index (χ0n) is 18.3. The monoisotopic (exact) mass is 460 g/mol. The van der Waals surface area contributed by atoms with E-state index in [9.17, 15) is 27.6 Å². The van der Waals surface area contributed by atoms with Crippen LogP contribution in [0.1, 0.15) is 51.4 Å². The number of benzene rings is 1. The van der Waals surface area contributed by atoms with Gasteiger partial charge in [0, 0.05) is 6.07 Å². The van der Waals surface area contributed by atoms with Crippen LogP contribution in [-0.2, 0) is 4.79 Å². The van der Waals surface area contributed by atoms with Gasteiger partial charge in [0.25, 0.3) is 5.56 Å². The number of aromatic amines is 1. The third kappa shape index (κ3) is 4.29. The lowest BCUT2D eigenvalue weighted by Gasteiger charge is -2.46. The van der Waals surface area contributed by atoms with E-state index in [0.29, 0.717) is 18.9 Å². The summed E-state index contributed by atoms with van der Waals surface area (Å²) in [4.78, 5) is 45.6. The fraction of sp³-hybridized carbons (Fsp3) is 0.391. The number of rotatable bonds is 5. The summed E-state index contributed by atoms with van der Waals surface area (Å²) < 4.78 is 41.9. The Morgan fingerprint density at radius 3 is 2.52 bits per heavy atom. The number of nitrogens with one attached hydrogen (secondary N) is 2. The van der Waals surface area contributed by atoms with Gasteiger partial charge in [-0.2, -0.15) is 0 Å². The highest BCUT2D eigenvalue weighted by Crippen LogP contribution is 2.49. The summed E-state index contributed by atoms with van der Waals surface area (Å²) >= 11 is 0. The molecule has 0 spiro atoms. The molecule has 33 heavy (non-hydrogen) atoms. The highest BCUT2D eigenvalue weighted by Gasteiger charge is 2.45. The Bertz CT molecular complexity index is 1360. The number of pyridine rings is 1. The molecule has 1 aliphatic carbocycles. The average Bonchev–Trinajstić information content (AvgIpc) is 2.69. The van der Waals surface area contributed by atoms with E-state index in [1.54, 1.807) is 0 Å². The first-order valence-corrected chi connectivity index (χ1v) is 10.5. The van der Waals surface area contributed by atoms with Gasteiger partial charge >= 0.3 is 5.69 Å². The van der Waals surface area contributed by atoms with Gasteiger partial charge in [-0.25, -0.2) is 22.5 Å². The standard InChI is InChI=1S/C23H23F3N4O3/c1-11(18-16(26)7-14(25)10-27-18)28-20(31)19(12-8-23(2,3)9-12)30-21(32)15-6-13(24)4-5-17(15)29-22(30)33/h4-7,10-12,19H,8-9H2,1-3H3,(H,28,31)(H,29,33)/t11-,19+/m0/s1. The highest BCUT2D eigenvalue weighted by atomic mass is 19.1. The summed E-state index contributed by atoms with van der Waals surface area (Å²) in [6, 6.07) is 1.90. The second-order valence-corrected chi connectivity index (χ2v) is 9.32. The number of hydrogen-bond acceptors (Lipinski definition) is 4. The van der Waals surface area contributed by atoms with Crippen LogP contribution in [0.4, 0.5) is 13.2 Å². The van der Waals surface area contributed by atoms with Crippen molar-refractivity contribution < 1.29 is 18.0 Å². The fourth-order valence-electron chi connectivity index (χ4n) is 4.69. The average molecular weight is 460 g/mol. The summed E-state index contributed by atoms with van der Waals surface area (Å²) in [7, 11) is 0. The third-order valence-electron chi connectivity index (χ3n) is 6.12. The van der Waals surface area contributed by atoms with Crippen molar-refractivity contribution in [2.45, 2.75) is 45.7 Å². The van der Waals surface area contributed by atoms with Crippen LogP contribution in [-0.4, -0.2) is 20.4 Å². The Balaban J connectivity index is 1.76. The number of halogens is 3. The minimum absolute atomic E-state index is 0.0646. The number of carbonyl (C=O) groups is 1. The van der Waals surface area contributed by atoms with Crippen LogP contribution < -0.4 is 16.6 Å². The summed E-state index contributed by atoms with van der Waals surface area (Å²) in [6.45, 7) is 5.47. The van der Waals surface area contributed by atoms with E-state index < -0.39 is 46.7 Å². The van der Waals surface area contributed by atoms with E-state index >= 15 is 0 Å². The van der Waals surface area contributed by atoms with Gasteiger partial charge in [0.15, 0.2) is 0 Å². The molecule has 0 saturated heterocycles. The van der Waals surface area contributed by atoms with E-state index in [1.165, 1.54) is 13.0 Å². The molecule has 4 rings (SSSR count). The molecule has 0 radical (unpaired) electrons. The predicted octanol–water partition coefficient (Wildman–Crippen LogP) is 3.36. The summed E-state index contributed by atoms with van der Waals surface area (Å²) in [5.41, 5.74) is -1.71. The summed E-state index contributed by atoms with van der Waals surface area (Å²) in [5, 5.41) is 2.53. The van der Waals surface area contributed by atoms with E-state index in [2.05, 4.69) is 15.3 Å². The maximum atomic E-state index is 14.2. The van der Waals surface area contributed by atoms with Crippen molar-refractivity contribution in [1.29, 1.82) is 0 Å². The summed E-state index contributed by atoms with van der Waals surface area (Å²) in [5.74, 6) is -3.47. The molecule has 1 fully saturated rings. The van der Waals surface area contributed by atoms with Crippen molar-refractivity contribution >= 4 is 16.8 Å². The van der Waals surface area contributed by atoms with Crippen molar-refractivity contribution in [3.63, 3.8) is 0 Å². The van der Waals surface area contributed by atoms with Crippen LogP contribution in [0.5, 0.6) is 0 Å². The first-order chi connectivity index (χ1) is 15.5. The molecular formula is C23H23F3N4O3.